The Balaban J connectivity index is 1.41. The van der Waals surface area contributed by atoms with Gasteiger partial charge in [0.25, 0.3) is 0 Å². The monoisotopic (exact) mass is 573 g/mol. The van der Waals surface area contributed by atoms with Crippen LogP contribution in [0.15, 0.2) is 41.5 Å². The molecule has 0 saturated heterocycles. The van der Waals surface area contributed by atoms with Crippen molar-refractivity contribution in [1.29, 1.82) is 0 Å². The minimum atomic E-state index is -1.01. The van der Waals surface area contributed by atoms with Gasteiger partial charge in [0.1, 0.15) is 17.4 Å². The molecule has 0 bridgehead atoms. The quantitative estimate of drug-likeness (QED) is 0.172. The van der Waals surface area contributed by atoms with Gasteiger partial charge in [0.2, 0.25) is 0 Å². The number of rotatable bonds is 8. The van der Waals surface area contributed by atoms with Gasteiger partial charge in [-0.3, -0.25) is 9.59 Å². The molecule has 1 aliphatic carbocycles. The summed E-state index contributed by atoms with van der Waals surface area (Å²) >= 11 is 7.33. The number of aryl methyl sites for hydroxylation is 1. The van der Waals surface area contributed by atoms with Gasteiger partial charge in [0.05, 0.1) is 30.5 Å². The SMILES string of the molecule is COC(=O)c1c(NC(=O)C(=O)N/N=C(\C)c2ccc(OCc3c(F)cccc3Cl)c(OC)c2)sc2c1CCC2. The van der Waals surface area contributed by atoms with E-state index in [9.17, 15) is 18.8 Å². The molecule has 0 spiro atoms. The van der Waals surface area contributed by atoms with Crippen molar-refractivity contribution in [3.8, 4) is 11.5 Å². The van der Waals surface area contributed by atoms with Gasteiger partial charge in [-0.25, -0.2) is 14.6 Å². The third kappa shape index (κ3) is 6.21. The molecule has 2 amide bonds. The summed E-state index contributed by atoms with van der Waals surface area (Å²) in [5, 5.41) is 7.04. The van der Waals surface area contributed by atoms with E-state index in [-0.39, 0.29) is 22.2 Å². The molecule has 39 heavy (non-hydrogen) atoms. The highest BCUT2D eigenvalue weighted by atomic mass is 35.5. The van der Waals surface area contributed by atoms with Crippen molar-refractivity contribution in [1.82, 2.24) is 5.43 Å². The Kier molecular flexibility index (Phi) is 8.82. The fourth-order valence-electron chi connectivity index (χ4n) is 4.05. The number of hydrazone groups is 1. The largest absolute Gasteiger partial charge is 0.493 e. The van der Waals surface area contributed by atoms with Crippen LogP contribution in [0.25, 0.3) is 0 Å². The van der Waals surface area contributed by atoms with Crippen molar-refractivity contribution >= 4 is 51.4 Å². The molecule has 2 N–H and O–H groups in total. The summed E-state index contributed by atoms with van der Waals surface area (Å²) in [6.07, 6.45) is 2.44. The van der Waals surface area contributed by atoms with E-state index < -0.39 is 23.6 Å². The summed E-state index contributed by atoms with van der Waals surface area (Å²) in [6, 6.07) is 9.28. The van der Waals surface area contributed by atoms with Crippen LogP contribution in [0.5, 0.6) is 11.5 Å². The molecule has 1 heterocycles. The topological polar surface area (TPSA) is 115 Å². The third-order valence-corrected chi connectivity index (χ3v) is 7.65. The third-order valence-electron chi connectivity index (χ3n) is 6.08. The van der Waals surface area contributed by atoms with E-state index >= 15 is 0 Å². The number of nitrogens with zero attached hydrogens (tertiary/aromatic N) is 1. The second-order valence-corrected chi connectivity index (χ2v) is 10.0. The summed E-state index contributed by atoms with van der Waals surface area (Å²) < 4.78 is 30.0. The molecule has 2 aromatic carbocycles. The maximum Gasteiger partial charge on any atom is 0.341 e. The standard InChI is InChI=1S/C27H25ClFN3O6S/c1-14(15-10-11-20(21(12-15)36-2)38-13-17-18(28)7-5-8-19(17)29)31-32-25(34)24(33)30-26-23(27(35)37-3)16-6-4-9-22(16)39-26/h5,7-8,10-12H,4,6,9,13H2,1-3H3,(H,30,33)(H,32,34)/b31-14+. The summed E-state index contributed by atoms with van der Waals surface area (Å²) in [5.41, 5.74) is 4.54. The highest BCUT2D eigenvalue weighted by molar-refractivity contribution is 7.17. The van der Waals surface area contributed by atoms with Crippen LogP contribution < -0.4 is 20.2 Å². The number of esters is 1. The molecule has 1 aromatic heterocycles. The van der Waals surface area contributed by atoms with Crippen LogP contribution in [0, 0.1) is 5.82 Å². The molecule has 0 fully saturated rings. The van der Waals surface area contributed by atoms with Crippen LogP contribution in [0.1, 0.15) is 45.3 Å². The first kappa shape index (κ1) is 28.1. The predicted octanol–water partition coefficient (Wildman–Crippen LogP) is 4.88. The number of hydrogen-bond donors (Lipinski definition) is 2. The number of methoxy groups -OCH3 is 2. The molecular weight excluding hydrogens is 549 g/mol. The number of benzene rings is 2. The molecule has 4 rings (SSSR count). The highest BCUT2D eigenvalue weighted by Gasteiger charge is 2.29. The molecule has 204 valence electrons. The number of halogens is 2. The Morgan fingerprint density at radius 1 is 1.10 bits per heavy atom. The van der Waals surface area contributed by atoms with Gasteiger partial charge in [-0.2, -0.15) is 5.10 Å². The van der Waals surface area contributed by atoms with Crippen LogP contribution in [-0.2, 0) is 33.8 Å². The average molecular weight is 574 g/mol. The number of fused-ring (bicyclic) bond motifs is 1. The van der Waals surface area contributed by atoms with Crippen LogP contribution in [0.4, 0.5) is 9.39 Å². The normalized spacial score (nSPS) is 12.5. The number of hydrogen-bond acceptors (Lipinski definition) is 8. The molecular formula is C27H25ClFN3O6S. The minimum absolute atomic E-state index is 0.107. The fraction of sp³-hybridized carbons (Fsp3) is 0.259. The first-order valence-electron chi connectivity index (χ1n) is 11.9. The lowest BCUT2D eigenvalue weighted by atomic mass is 10.1. The maximum absolute atomic E-state index is 14.0. The minimum Gasteiger partial charge on any atom is -0.493 e. The second-order valence-electron chi connectivity index (χ2n) is 8.50. The molecule has 0 aliphatic heterocycles. The molecule has 9 nitrogen and oxygen atoms in total. The van der Waals surface area contributed by atoms with E-state index in [1.54, 1.807) is 31.2 Å². The van der Waals surface area contributed by atoms with Crippen molar-refractivity contribution in [3.63, 3.8) is 0 Å². The van der Waals surface area contributed by atoms with Crippen LogP contribution >= 0.6 is 22.9 Å². The zero-order valence-electron chi connectivity index (χ0n) is 21.4. The number of thiophene rings is 1. The lowest BCUT2D eigenvalue weighted by Crippen LogP contribution is -2.33. The van der Waals surface area contributed by atoms with Crippen molar-refractivity contribution in [3.05, 3.63) is 74.4 Å². The van der Waals surface area contributed by atoms with E-state index in [1.807, 2.05) is 0 Å². The van der Waals surface area contributed by atoms with Gasteiger partial charge >= 0.3 is 17.8 Å². The first-order valence-corrected chi connectivity index (χ1v) is 13.1. The number of anilines is 1. The maximum atomic E-state index is 14.0. The molecule has 0 unspecified atom stereocenters. The average Bonchev–Trinajstić information content (AvgIpc) is 3.51. The fourth-order valence-corrected chi connectivity index (χ4v) is 5.54. The van der Waals surface area contributed by atoms with Crippen molar-refractivity contribution in [2.75, 3.05) is 19.5 Å². The number of ether oxygens (including phenoxy) is 3. The van der Waals surface area contributed by atoms with Gasteiger partial charge in [-0.15, -0.1) is 11.3 Å². The Morgan fingerprint density at radius 2 is 1.90 bits per heavy atom. The van der Waals surface area contributed by atoms with E-state index in [4.69, 9.17) is 25.8 Å². The molecule has 0 radical (unpaired) electrons. The number of amides is 2. The Bertz CT molecular complexity index is 1450. The molecule has 1 aliphatic rings. The molecule has 0 saturated carbocycles. The number of carbonyl (C=O) groups is 3. The summed E-state index contributed by atoms with van der Waals surface area (Å²) in [7, 11) is 2.72. The van der Waals surface area contributed by atoms with Crippen LogP contribution in [-0.4, -0.2) is 37.7 Å². The predicted molar refractivity (Wildman–Crippen MR) is 145 cm³/mol. The zero-order chi connectivity index (χ0) is 28.1. The number of nitrogens with one attached hydrogen (secondary N) is 2. The Labute approximate surface area is 232 Å². The summed E-state index contributed by atoms with van der Waals surface area (Å²) in [5.74, 6) is -2.32. The smallest absolute Gasteiger partial charge is 0.341 e. The zero-order valence-corrected chi connectivity index (χ0v) is 22.9. The Morgan fingerprint density at radius 3 is 2.62 bits per heavy atom. The lowest BCUT2D eigenvalue weighted by Gasteiger charge is -2.13. The summed E-state index contributed by atoms with van der Waals surface area (Å²) in [6.45, 7) is 1.52. The number of carbonyl (C=O) groups excluding carboxylic acids is 3. The molecule has 3 aromatic rings. The van der Waals surface area contributed by atoms with E-state index in [0.717, 1.165) is 23.3 Å². The van der Waals surface area contributed by atoms with Crippen molar-refractivity contribution in [2.45, 2.75) is 32.8 Å². The van der Waals surface area contributed by atoms with Crippen molar-refractivity contribution in [2.24, 2.45) is 5.10 Å². The van der Waals surface area contributed by atoms with Gasteiger partial charge in [0.15, 0.2) is 11.5 Å². The van der Waals surface area contributed by atoms with Gasteiger partial charge in [-0.1, -0.05) is 17.7 Å². The second kappa shape index (κ2) is 12.3. The van der Waals surface area contributed by atoms with Crippen LogP contribution in [0.2, 0.25) is 5.02 Å². The van der Waals surface area contributed by atoms with E-state index in [0.29, 0.717) is 34.8 Å². The Hall–Kier alpha value is -3.96. The molecule has 0 atom stereocenters. The van der Waals surface area contributed by atoms with Gasteiger partial charge in [0, 0.05) is 16.0 Å². The lowest BCUT2D eigenvalue weighted by molar-refractivity contribution is -0.136. The van der Waals surface area contributed by atoms with Crippen molar-refractivity contribution < 1.29 is 33.0 Å². The van der Waals surface area contributed by atoms with Gasteiger partial charge < -0.3 is 19.5 Å². The van der Waals surface area contributed by atoms with E-state index in [2.05, 4.69) is 15.8 Å². The highest BCUT2D eigenvalue weighted by Crippen LogP contribution is 2.39. The molecule has 12 heteroatoms. The summed E-state index contributed by atoms with van der Waals surface area (Å²) in [4.78, 5) is 38.2. The van der Waals surface area contributed by atoms with Gasteiger partial charge in [-0.05, 0) is 62.1 Å². The van der Waals surface area contributed by atoms with Crippen LogP contribution in [0.3, 0.4) is 0 Å². The first-order chi connectivity index (χ1) is 18.7. The van der Waals surface area contributed by atoms with E-state index in [1.165, 1.54) is 37.7 Å².